The van der Waals surface area contributed by atoms with E-state index in [1.165, 1.54) is 6.08 Å². The smallest absolute Gasteiger partial charge is 0.328 e. The lowest BCUT2D eigenvalue weighted by atomic mass is 10.1. The second kappa shape index (κ2) is 6.33. The van der Waals surface area contributed by atoms with Crippen LogP contribution in [0.4, 0.5) is 5.69 Å². The van der Waals surface area contributed by atoms with Gasteiger partial charge in [0.1, 0.15) is 0 Å². The Morgan fingerprint density at radius 1 is 1.47 bits per heavy atom. The highest BCUT2D eigenvalue weighted by Gasteiger charge is 1.96. The summed E-state index contributed by atoms with van der Waals surface area (Å²) in [6.07, 6.45) is 1.58. The number of nitriles is 1. The number of hydrogen-bond donors (Lipinski definition) is 2. The molecule has 0 saturated carbocycles. The molecule has 0 aliphatic heterocycles. The van der Waals surface area contributed by atoms with Crippen LogP contribution in [0, 0.1) is 11.3 Å². The van der Waals surface area contributed by atoms with Gasteiger partial charge in [-0.2, -0.15) is 5.26 Å². The van der Waals surface area contributed by atoms with E-state index in [-0.39, 0.29) is 0 Å². The molecule has 1 aromatic rings. The molecule has 0 bridgehead atoms. The molecule has 0 aliphatic carbocycles. The topological polar surface area (TPSA) is 73.1 Å². The van der Waals surface area contributed by atoms with Crippen LogP contribution in [0.5, 0.6) is 0 Å². The fourth-order valence-corrected chi connectivity index (χ4v) is 1.34. The number of benzene rings is 1. The molecular weight excluding hydrogens is 216 g/mol. The molecule has 1 aromatic carbocycles. The Bertz CT molecular complexity index is 455. The predicted molar refractivity (Wildman–Crippen MR) is 65.6 cm³/mol. The minimum absolute atomic E-state index is 0.401. The SMILES string of the molecule is C/C(=C/C(=O)O)CNc1ccc(CC#N)cc1. The van der Waals surface area contributed by atoms with Gasteiger partial charge in [-0.25, -0.2) is 4.79 Å². The van der Waals surface area contributed by atoms with Gasteiger partial charge in [0.25, 0.3) is 0 Å². The van der Waals surface area contributed by atoms with Crippen LogP contribution in [0.1, 0.15) is 12.5 Å². The number of rotatable bonds is 5. The van der Waals surface area contributed by atoms with Crippen LogP contribution < -0.4 is 5.32 Å². The molecular formula is C13H14N2O2. The molecule has 0 radical (unpaired) electrons. The molecule has 2 N–H and O–H groups in total. The average Bonchev–Trinajstić information content (AvgIpc) is 2.28. The normalized spacial score (nSPS) is 10.7. The number of nitrogens with one attached hydrogen (secondary N) is 1. The number of carbonyl (C=O) groups is 1. The summed E-state index contributed by atoms with van der Waals surface area (Å²) in [6, 6.07) is 9.59. The van der Waals surface area contributed by atoms with Crippen molar-refractivity contribution in [1.82, 2.24) is 0 Å². The first-order valence-electron chi connectivity index (χ1n) is 5.21. The zero-order valence-corrected chi connectivity index (χ0v) is 9.60. The molecule has 1 rings (SSSR count). The Morgan fingerprint density at radius 3 is 2.65 bits per heavy atom. The van der Waals surface area contributed by atoms with Crippen LogP contribution in [0.3, 0.4) is 0 Å². The van der Waals surface area contributed by atoms with Crippen molar-refractivity contribution in [2.45, 2.75) is 13.3 Å². The molecule has 4 heteroatoms. The highest BCUT2D eigenvalue weighted by atomic mass is 16.4. The van der Waals surface area contributed by atoms with Crippen molar-refractivity contribution in [2.24, 2.45) is 0 Å². The number of aliphatic carboxylic acids is 1. The molecule has 17 heavy (non-hydrogen) atoms. The van der Waals surface area contributed by atoms with E-state index in [2.05, 4.69) is 11.4 Å². The molecule has 0 saturated heterocycles. The number of hydrogen-bond acceptors (Lipinski definition) is 3. The van der Waals surface area contributed by atoms with Crippen LogP contribution in [-0.2, 0) is 11.2 Å². The van der Waals surface area contributed by atoms with Crippen molar-refractivity contribution in [3.63, 3.8) is 0 Å². The summed E-state index contributed by atoms with van der Waals surface area (Å²) >= 11 is 0. The van der Waals surface area contributed by atoms with E-state index < -0.39 is 5.97 Å². The molecule has 0 atom stereocenters. The van der Waals surface area contributed by atoms with Crippen molar-refractivity contribution in [1.29, 1.82) is 5.26 Å². The number of carboxylic acids is 1. The van der Waals surface area contributed by atoms with Crippen molar-refractivity contribution in [3.05, 3.63) is 41.5 Å². The average molecular weight is 230 g/mol. The van der Waals surface area contributed by atoms with E-state index >= 15 is 0 Å². The summed E-state index contributed by atoms with van der Waals surface area (Å²) < 4.78 is 0. The van der Waals surface area contributed by atoms with Crippen molar-refractivity contribution in [3.8, 4) is 6.07 Å². The monoisotopic (exact) mass is 230 g/mol. The van der Waals surface area contributed by atoms with E-state index in [0.717, 1.165) is 16.8 Å². The fourth-order valence-electron chi connectivity index (χ4n) is 1.34. The van der Waals surface area contributed by atoms with Crippen molar-refractivity contribution in [2.75, 3.05) is 11.9 Å². The summed E-state index contributed by atoms with van der Waals surface area (Å²) in [6.45, 7) is 2.25. The van der Waals surface area contributed by atoms with Crippen LogP contribution >= 0.6 is 0 Å². The third kappa shape index (κ3) is 4.85. The van der Waals surface area contributed by atoms with Gasteiger partial charge in [0.2, 0.25) is 0 Å². The quantitative estimate of drug-likeness (QED) is 0.760. The zero-order chi connectivity index (χ0) is 12.7. The minimum Gasteiger partial charge on any atom is -0.478 e. The van der Waals surface area contributed by atoms with Crippen LogP contribution in [0.25, 0.3) is 0 Å². The van der Waals surface area contributed by atoms with E-state index in [0.29, 0.717) is 13.0 Å². The van der Waals surface area contributed by atoms with E-state index in [1.807, 2.05) is 24.3 Å². The first-order chi connectivity index (χ1) is 8.11. The maximum atomic E-state index is 10.4. The molecule has 0 heterocycles. The van der Waals surface area contributed by atoms with E-state index in [1.54, 1.807) is 6.92 Å². The Kier molecular flexibility index (Phi) is 4.77. The second-order valence-electron chi connectivity index (χ2n) is 3.71. The van der Waals surface area contributed by atoms with Gasteiger partial charge in [0.15, 0.2) is 0 Å². The van der Waals surface area contributed by atoms with Gasteiger partial charge in [-0.15, -0.1) is 0 Å². The first kappa shape index (κ1) is 12.8. The Hall–Kier alpha value is -2.28. The van der Waals surface area contributed by atoms with Gasteiger partial charge in [0.05, 0.1) is 12.5 Å². The number of nitrogens with zero attached hydrogens (tertiary/aromatic N) is 1. The van der Waals surface area contributed by atoms with Crippen molar-refractivity contribution < 1.29 is 9.90 Å². The zero-order valence-electron chi connectivity index (χ0n) is 9.60. The lowest BCUT2D eigenvalue weighted by molar-refractivity contribution is -0.131. The van der Waals surface area contributed by atoms with E-state index in [9.17, 15) is 4.79 Å². The predicted octanol–water partition coefficient (Wildman–Crippen LogP) is 2.20. The summed E-state index contributed by atoms with van der Waals surface area (Å²) in [5.74, 6) is -0.936. The Morgan fingerprint density at radius 2 is 2.12 bits per heavy atom. The van der Waals surface area contributed by atoms with Crippen LogP contribution in [0.2, 0.25) is 0 Å². The van der Waals surface area contributed by atoms with Gasteiger partial charge in [0, 0.05) is 18.3 Å². The molecule has 0 fully saturated rings. The first-order valence-corrected chi connectivity index (χ1v) is 5.21. The maximum absolute atomic E-state index is 10.4. The third-order valence-corrected chi connectivity index (χ3v) is 2.18. The minimum atomic E-state index is -0.936. The molecule has 0 amide bonds. The summed E-state index contributed by atoms with van der Waals surface area (Å²) in [5.41, 5.74) is 2.62. The third-order valence-electron chi connectivity index (χ3n) is 2.18. The number of carboxylic acid groups (broad SMARTS) is 1. The summed E-state index contributed by atoms with van der Waals surface area (Å²) in [5, 5.41) is 20.2. The number of anilines is 1. The Balaban J connectivity index is 2.53. The van der Waals surface area contributed by atoms with Crippen LogP contribution in [-0.4, -0.2) is 17.6 Å². The van der Waals surface area contributed by atoms with Gasteiger partial charge in [-0.1, -0.05) is 12.1 Å². The van der Waals surface area contributed by atoms with Crippen molar-refractivity contribution >= 4 is 11.7 Å². The van der Waals surface area contributed by atoms with Gasteiger partial charge >= 0.3 is 5.97 Å². The molecule has 0 aliphatic rings. The van der Waals surface area contributed by atoms with Gasteiger partial charge in [-0.3, -0.25) is 0 Å². The lowest BCUT2D eigenvalue weighted by Crippen LogP contribution is -2.04. The highest BCUT2D eigenvalue weighted by molar-refractivity contribution is 5.80. The van der Waals surface area contributed by atoms with Gasteiger partial charge < -0.3 is 10.4 Å². The molecule has 4 nitrogen and oxygen atoms in total. The largest absolute Gasteiger partial charge is 0.478 e. The van der Waals surface area contributed by atoms with E-state index in [4.69, 9.17) is 10.4 Å². The molecule has 0 spiro atoms. The van der Waals surface area contributed by atoms with Gasteiger partial charge in [-0.05, 0) is 30.2 Å². The fraction of sp³-hybridized carbons (Fsp3) is 0.231. The van der Waals surface area contributed by atoms with Crippen LogP contribution in [0.15, 0.2) is 35.9 Å². The maximum Gasteiger partial charge on any atom is 0.328 e. The molecule has 88 valence electrons. The second-order valence-corrected chi connectivity index (χ2v) is 3.71. The highest BCUT2D eigenvalue weighted by Crippen LogP contribution is 2.10. The molecule has 0 aromatic heterocycles. The standard InChI is InChI=1S/C13H14N2O2/c1-10(8-13(16)17)9-15-12-4-2-11(3-5-12)6-7-14/h2-5,8,15H,6,9H2,1H3,(H,16,17)/b10-8-. The summed E-state index contributed by atoms with van der Waals surface area (Å²) in [4.78, 5) is 10.4. The molecule has 0 unspecified atom stereocenters. The Labute approximate surface area is 100 Å². The lowest BCUT2D eigenvalue weighted by Gasteiger charge is -2.06. The summed E-state index contributed by atoms with van der Waals surface area (Å²) in [7, 11) is 0.